The molecule has 250 valence electrons. The van der Waals surface area contributed by atoms with E-state index in [-0.39, 0.29) is 5.41 Å². The van der Waals surface area contributed by atoms with Gasteiger partial charge in [-0.15, -0.1) is 0 Å². The number of hydrogen-bond donors (Lipinski definition) is 0. The Kier molecular flexibility index (Phi) is 6.27. The molecular formula is C49H34N4. The number of nitrogens with zero attached hydrogens (tertiary/aromatic N) is 4. The van der Waals surface area contributed by atoms with Crippen LogP contribution < -0.4 is 0 Å². The van der Waals surface area contributed by atoms with Crippen molar-refractivity contribution in [3.63, 3.8) is 0 Å². The lowest BCUT2D eigenvalue weighted by Gasteiger charge is -2.25. The largest absolute Gasteiger partial charge is 0.309 e. The van der Waals surface area contributed by atoms with Gasteiger partial charge in [0, 0.05) is 54.9 Å². The van der Waals surface area contributed by atoms with E-state index in [1.54, 1.807) is 0 Å². The zero-order valence-electron chi connectivity index (χ0n) is 29.5. The molecule has 4 heteroatoms. The molecule has 0 bridgehead atoms. The number of fused-ring (bicyclic) bond motifs is 10. The van der Waals surface area contributed by atoms with Crippen LogP contribution in [-0.4, -0.2) is 19.1 Å². The Labute approximate surface area is 307 Å². The van der Waals surface area contributed by atoms with Crippen molar-refractivity contribution in [3.05, 3.63) is 181 Å². The predicted octanol–water partition coefficient (Wildman–Crippen LogP) is 12.3. The Morgan fingerprint density at radius 3 is 1.81 bits per heavy atom. The number of aromatic nitrogens is 4. The third-order valence-corrected chi connectivity index (χ3v) is 11.3. The second-order valence-corrected chi connectivity index (χ2v) is 14.6. The lowest BCUT2D eigenvalue weighted by Crippen LogP contribution is -2.18. The highest BCUT2D eigenvalue weighted by Crippen LogP contribution is 2.52. The van der Waals surface area contributed by atoms with E-state index in [1.165, 1.54) is 49.2 Å². The maximum Gasteiger partial charge on any atom is 0.160 e. The highest BCUT2D eigenvalue weighted by molar-refractivity contribution is 6.26. The van der Waals surface area contributed by atoms with E-state index in [0.717, 1.165) is 50.8 Å². The Balaban J connectivity index is 1.29. The van der Waals surface area contributed by atoms with Crippen LogP contribution in [-0.2, 0) is 5.41 Å². The molecule has 0 aliphatic heterocycles. The van der Waals surface area contributed by atoms with Gasteiger partial charge in [-0.3, -0.25) is 0 Å². The standard InChI is InChI=1S/C49H34N4/c1-49(2)38-25-13-9-22-35(38)45-44(49)46(51-48(50-45)31-17-5-3-6-18-31)37-24-12-16-28-41(37)53-39-26-14-10-21-33(39)34-29-30-42-43(47(34)53)36-23-11-15-27-40(36)52(42)32-19-7-4-8-20-32/h3-30H,1-2H3. The van der Waals surface area contributed by atoms with Crippen LogP contribution in [0.3, 0.4) is 0 Å². The van der Waals surface area contributed by atoms with Crippen LogP contribution in [0.5, 0.6) is 0 Å². The minimum Gasteiger partial charge on any atom is -0.309 e. The van der Waals surface area contributed by atoms with Crippen molar-refractivity contribution < 1.29 is 0 Å². The molecule has 3 aromatic heterocycles. The van der Waals surface area contributed by atoms with Gasteiger partial charge in [0.1, 0.15) is 0 Å². The molecule has 53 heavy (non-hydrogen) atoms. The molecule has 10 aromatic rings. The summed E-state index contributed by atoms with van der Waals surface area (Å²) in [6.45, 7) is 4.63. The van der Waals surface area contributed by atoms with Crippen molar-refractivity contribution >= 4 is 43.6 Å². The van der Waals surface area contributed by atoms with Gasteiger partial charge in [0.2, 0.25) is 0 Å². The number of benzene rings is 7. The van der Waals surface area contributed by atoms with Gasteiger partial charge in [0.25, 0.3) is 0 Å². The first-order valence-corrected chi connectivity index (χ1v) is 18.3. The average Bonchev–Trinajstić information content (AvgIpc) is 3.81. The van der Waals surface area contributed by atoms with Crippen LogP contribution in [0.15, 0.2) is 170 Å². The summed E-state index contributed by atoms with van der Waals surface area (Å²) < 4.78 is 4.90. The molecular weight excluding hydrogens is 645 g/mol. The normalized spacial score (nSPS) is 13.2. The van der Waals surface area contributed by atoms with E-state index in [9.17, 15) is 0 Å². The molecule has 3 heterocycles. The van der Waals surface area contributed by atoms with Crippen molar-refractivity contribution in [2.24, 2.45) is 0 Å². The first-order chi connectivity index (χ1) is 26.1. The van der Waals surface area contributed by atoms with Gasteiger partial charge < -0.3 is 9.13 Å². The molecule has 1 aliphatic rings. The molecule has 0 unspecified atom stereocenters. The summed E-state index contributed by atoms with van der Waals surface area (Å²) in [5.41, 5.74) is 14.3. The van der Waals surface area contributed by atoms with E-state index in [1.807, 2.05) is 6.07 Å². The Bertz CT molecular complexity index is 3080. The van der Waals surface area contributed by atoms with Crippen molar-refractivity contribution in [2.75, 3.05) is 0 Å². The van der Waals surface area contributed by atoms with Gasteiger partial charge >= 0.3 is 0 Å². The molecule has 0 fully saturated rings. The first kappa shape index (κ1) is 29.9. The number of hydrogen-bond acceptors (Lipinski definition) is 2. The minimum absolute atomic E-state index is 0.305. The summed E-state index contributed by atoms with van der Waals surface area (Å²) in [4.78, 5) is 10.8. The molecule has 0 amide bonds. The SMILES string of the molecule is CC1(C)c2ccccc2-c2nc(-c3ccccc3)nc(-c3ccccc3-n3c4ccccc4c4ccc5c(c6ccccc6n5-c5ccccc5)c43)c21. The zero-order valence-corrected chi connectivity index (χ0v) is 29.5. The smallest absolute Gasteiger partial charge is 0.160 e. The van der Waals surface area contributed by atoms with Crippen LogP contribution in [0.25, 0.3) is 88.9 Å². The summed E-state index contributed by atoms with van der Waals surface area (Å²) in [5, 5.41) is 4.91. The van der Waals surface area contributed by atoms with Gasteiger partial charge in [0.15, 0.2) is 5.82 Å². The van der Waals surface area contributed by atoms with Gasteiger partial charge in [-0.05, 0) is 42.0 Å². The van der Waals surface area contributed by atoms with E-state index in [2.05, 4.69) is 187 Å². The molecule has 0 spiro atoms. The van der Waals surface area contributed by atoms with Gasteiger partial charge in [-0.25, -0.2) is 9.97 Å². The topological polar surface area (TPSA) is 35.6 Å². The Morgan fingerprint density at radius 1 is 0.453 bits per heavy atom. The maximum absolute atomic E-state index is 5.52. The van der Waals surface area contributed by atoms with Crippen molar-refractivity contribution in [2.45, 2.75) is 19.3 Å². The van der Waals surface area contributed by atoms with Crippen molar-refractivity contribution in [1.29, 1.82) is 0 Å². The third-order valence-electron chi connectivity index (χ3n) is 11.3. The first-order valence-electron chi connectivity index (χ1n) is 18.3. The fourth-order valence-corrected chi connectivity index (χ4v) is 9.01. The second kappa shape index (κ2) is 11.1. The molecule has 11 rings (SSSR count). The molecule has 7 aromatic carbocycles. The fraction of sp³-hybridized carbons (Fsp3) is 0.0612. The van der Waals surface area contributed by atoms with Crippen molar-refractivity contribution in [3.8, 4) is 45.3 Å². The lowest BCUT2D eigenvalue weighted by molar-refractivity contribution is 0.658. The van der Waals surface area contributed by atoms with Crippen LogP contribution in [0.1, 0.15) is 25.0 Å². The zero-order chi connectivity index (χ0) is 35.3. The van der Waals surface area contributed by atoms with E-state index >= 15 is 0 Å². The van der Waals surface area contributed by atoms with E-state index in [4.69, 9.17) is 9.97 Å². The van der Waals surface area contributed by atoms with Gasteiger partial charge in [0.05, 0.1) is 39.1 Å². The third kappa shape index (κ3) is 4.18. The van der Waals surface area contributed by atoms with E-state index in [0.29, 0.717) is 0 Å². The van der Waals surface area contributed by atoms with Crippen LogP contribution in [0, 0.1) is 0 Å². The van der Waals surface area contributed by atoms with E-state index < -0.39 is 0 Å². The fourth-order valence-electron chi connectivity index (χ4n) is 9.01. The quantitative estimate of drug-likeness (QED) is 0.186. The Hall–Kier alpha value is -6.78. The second-order valence-electron chi connectivity index (χ2n) is 14.6. The molecule has 0 saturated carbocycles. The monoisotopic (exact) mass is 678 g/mol. The summed E-state index contributed by atoms with van der Waals surface area (Å²) in [5.74, 6) is 0.734. The summed E-state index contributed by atoms with van der Waals surface area (Å²) in [6.07, 6.45) is 0. The molecule has 1 aliphatic carbocycles. The minimum atomic E-state index is -0.305. The molecule has 0 N–H and O–H groups in total. The van der Waals surface area contributed by atoms with Crippen LogP contribution in [0.4, 0.5) is 0 Å². The summed E-state index contributed by atoms with van der Waals surface area (Å²) in [6, 6.07) is 60.9. The average molecular weight is 679 g/mol. The van der Waals surface area contributed by atoms with Crippen molar-refractivity contribution in [1.82, 2.24) is 19.1 Å². The molecule has 0 saturated heterocycles. The van der Waals surface area contributed by atoms with Crippen LogP contribution >= 0.6 is 0 Å². The molecule has 0 atom stereocenters. The van der Waals surface area contributed by atoms with Crippen LogP contribution in [0.2, 0.25) is 0 Å². The summed E-state index contributed by atoms with van der Waals surface area (Å²) >= 11 is 0. The highest BCUT2D eigenvalue weighted by Gasteiger charge is 2.40. The predicted molar refractivity (Wildman–Crippen MR) is 219 cm³/mol. The number of para-hydroxylation sites is 4. The van der Waals surface area contributed by atoms with Gasteiger partial charge in [-0.2, -0.15) is 0 Å². The Morgan fingerprint density at radius 2 is 1.04 bits per heavy atom. The number of rotatable bonds is 4. The summed E-state index contributed by atoms with van der Waals surface area (Å²) in [7, 11) is 0. The molecule has 0 radical (unpaired) electrons. The maximum atomic E-state index is 5.52. The highest BCUT2D eigenvalue weighted by atomic mass is 15.0. The van der Waals surface area contributed by atoms with Gasteiger partial charge in [-0.1, -0.05) is 147 Å². The lowest BCUT2D eigenvalue weighted by atomic mass is 9.80. The molecule has 4 nitrogen and oxygen atoms in total.